The van der Waals surface area contributed by atoms with Crippen LogP contribution in [0.5, 0.6) is 0 Å². The average Bonchev–Trinajstić information content (AvgIpc) is 2.48. The smallest absolute Gasteiger partial charge is 0.223 e. The number of aryl methyl sites for hydroxylation is 1. The molecule has 0 atom stereocenters. The van der Waals surface area contributed by atoms with E-state index in [4.69, 9.17) is 16.9 Å². The molecular formula is C16H12ClN3O. The molecule has 0 aliphatic carbocycles. The van der Waals surface area contributed by atoms with Crippen LogP contribution in [0.3, 0.4) is 0 Å². The summed E-state index contributed by atoms with van der Waals surface area (Å²) < 4.78 is 0. The Hall–Kier alpha value is -2.64. The molecule has 0 aliphatic rings. The normalized spacial score (nSPS) is 10.8. The second kappa shape index (κ2) is 6.69. The Morgan fingerprint density at radius 3 is 2.57 bits per heavy atom. The van der Waals surface area contributed by atoms with Gasteiger partial charge in [-0.05, 0) is 25.1 Å². The summed E-state index contributed by atoms with van der Waals surface area (Å²) in [6, 6.07) is 15.6. The molecule has 0 fully saturated rings. The molecule has 104 valence electrons. The molecule has 0 spiro atoms. The first kappa shape index (κ1) is 14.8. The summed E-state index contributed by atoms with van der Waals surface area (Å²) in [5.41, 5.74) is 4.52. The van der Waals surface area contributed by atoms with E-state index in [1.807, 2.05) is 19.1 Å². The lowest BCUT2D eigenvalue weighted by molar-refractivity contribution is 0.106. The number of halogens is 1. The van der Waals surface area contributed by atoms with Crippen LogP contribution in [0.15, 0.2) is 53.6 Å². The number of nitriles is 1. The zero-order valence-electron chi connectivity index (χ0n) is 11.3. The second-order valence-corrected chi connectivity index (χ2v) is 4.83. The number of hydrogen-bond acceptors (Lipinski definition) is 4. The minimum atomic E-state index is -0.424. The Labute approximate surface area is 127 Å². The quantitative estimate of drug-likeness (QED) is 0.530. The van der Waals surface area contributed by atoms with Gasteiger partial charge in [-0.15, -0.1) is 0 Å². The van der Waals surface area contributed by atoms with E-state index in [1.54, 1.807) is 42.5 Å². The summed E-state index contributed by atoms with van der Waals surface area (Å²) in [6.07, 6.45) is 0. The van der Waals surface area contributed by atoms with Crippen LogP contribution < -0.4 is 5.43 Å². The van der Waals surface area contributed by atoms with E-state index in [2.05, 4.69) is 10.5 Å². The Bertz CT molecular complexity index is 730. The zero-order chi connectivity index (χ0) is 15.2. The van der Waals surface area contributed by atoms with Crippen LogP contribution in [-0.4, -0.2) is 11.5 Å². The molecule has 0 saturated heterocycles. The first-order chi connectivity index (χ1) is 10.1. The topological polar surface area (TPSA) is 65.2 Å². The first-order valence-corrected chi connectivity index (χ1v) is 6.58. The summed E-state index contributed by atoms with van der Waals surface area (Å²) >= 11 is 5.85. The number of nitrogens with one attached hydrogen (secondary N) is 1. The third-order valence-corrected chi connectivity index (χ3v) is 2.99. The molecule has 0 radical (unpaired) electrons. The molecule has 0 unspecified atom stereocenters. The van der Waals surface area contributed by atoms with Crippen LogP contribution in [0, 0.1) is 18.3 Å². The minimum absolute atomic E-state index is 0.209. The summed E-state index contributed by atoms with van der Waals surface area (Å²) in [4.78, 5) is 12.2. The van der Waals surface area contributed by atoms with Crippen molar-refractivity contribution in [1.29, 1.82) is 5.26 Å². The second-order valence-electron chi connectivity index (χ2n) is 4.39. The molecule has 0 aliphatic heterocycles. The van der Waals surface area contributed by atoms with E-state index in [9.17, 15) is 4.79 Å². The van der Waals surface area contributed by atoms with Gasteiger partial charge >= 0.3 is 0 Å². The lowest BCUT2D eigenvalue weighted by atomic mass is 10.1. The number of carbonyl (C=O) groups excluding carboxylic acids is 1. The maximum atomic E-state index is 12.2. The highest BCUT2D eigenvalue weighted by Gasteiger charge is 2.13. The Kier molecular flexibility index (Phi) is 4.70. The van der Waals surface area contributed by atoms with E-state index in [-0.39, 0.29) is 5.71 Å². The first-order valence-electron chi connectivity index (χ1n) is 6.21. The summed E-state index contributed by atoms with van der Waals surface area (Å²) in [6.45, 7) is 1.92. The van der Waals surface area contributed by atoms with E-state index in [0.717, 1.165) is 5.56 Å². The van der Waals surface area contributed by atoms with Crippen molar-refractivity contribution < 1.29 is 4.79 Å². The largest absolute Gasteiger partial charge is 0.286 e. The van der Waals surface area contributed by atoms with E-state index < -0.39 is 5.78 Å². The van der Waals surface area contributed by atoms with Crippen LogP contribution in [0.4, 0.5) is 5.69 Å². The monoisotopic (exact) mass is 297 g/mol. The maximum Gasteiger partial charge on any atom is 0.223 e. The number of benzene rings is 2. The lowest BCUT2D eigenvalue weighted by Gasteiger charge is -2.02. The standard InChI is InChI=1S/C16H12ClN3O/c1-11-5-7-12(8-6-11)16(21)15(10-18)20-19-14-4-2-3-13(17)9-14/h2-9,19H,1H3. The highest BCUT2D eigenvalue weighted by atomic mass is 35.5. The predicted molar refractivity (Wildman–Crippen MR) is 83.6 cm³/mol. The maximum absolute atomic E-state index is 12.2. The SMILES string of the molecule is Cc1ccc(C(=O)C(C#N)=NNc2cccc(Cl)c2)cc1. The van der Waals surface area contributed by atoms with Crippen molar-refractivity contribution in [2.24, 2.45) is 5.10 Å². The van der Waals surface area contributed by atoms with Gasteiger partial charge in [-0.2, -0.15) is 10.4 Å². The summed E-state index contributed by atoms with van der Waals surface area (Å²) in [7, 11) is 0. The molecule has 2 rings (SSSR count). The molecule has 4 nitrogen and oxygen atoms in total. The van der Waals surface area contributed by atoms with Crippen molar-refractivity contribution in [3.8, 4) is 6.07 Å². The fourth-order valence-corrected chi connectivity index (χ4v) is 1.84. The fourth-order valence-electron chi connectivity index (χ4n) is 1.65. The van der Waals surface area contributed by atoms with Gasteiger partial charge < -0.3 is 0 Å². The van der Waals surface area contributed by atoms with Crippen molar-refractivity contribution in [2.45, 2.75) is 6.92 Å². The molecule has 0 aromatic heterocycles. The Morgan fingerprint density at radius 1 is 1.24 bits per heavy atom. The molecular weight excluding hydrogens is 286 g/mol. The highest BCUT2D eigenvalue weighted by molar-refractivity contribution is 6.51. The van der Waals surface area contributed by atoms with Gasteiger partial charge in [0.05, 0.1) is 5.69 Å². The van der Waals surface area contributed by atoms with Crippen molar-refractivity contribution in [1.82, 2.24) is 0 Å². The molecule has 2 aromatic rings. The Balaban J connectivity index is 2.19. The van der Waals surface area contributed by atoms with E-state index >= 15 is 0 Å². The number of carbonyl (C=O) groups is 1. The molecule has 0 saturated carbocycles. The molecule has 21 heavy (non-hydrogen) atoms. The fraction of sp³-hybridized carbons (Fsp3) is 0.0625. The van der Waals surface area contributed by atoms with Crippen LogP contribution in [0.25, 0.3) is 0 Å². The van der Waals surface area contributed by atoms with Gasteiger partial charge in [0.1, 0.15) is 6.07 Å². The van der Waals surface area contributed by atoms with Gasteiger partial charge in [-0.3, -0.25) is 10.2 Å². The van der Waals surface area contributed by atoms with Gasteiger partial charge in [0.2, 0.25) is 11.5 Å². The average molecular weight is 298 g/mol. The van der Waals surface area contributed by atoms with Gasteiger partial charge in [0.15, 0.2) is 0 Å². The van der Waals surface area contributed by atoms with Gasteiger partial charge in [-0.1, -0.05) is 47.5 Å². The lowest BCUT2D eigenvalue weighted by Crippen LogP contribution is -2.14. The van der Waals surface area contributed by atoms with Crippen LogP contribution in [0.1, 0.15) is 15.9 Å². The van der Waals surface area contributed by atoms with E-state index in [0.29, 0.717) is 16.3 Å². The highest BCUT2D eigenvalue weighted by Crippen LogP contribution is 2.15. The number of nitrogens with zero attached hydrogens (tertiary/aromatic N) is 2. The van der Waals surface area contributed by atoms with Crippen molar-refractivity contribution in [2.75, 3.05) is 5.43 Å². The third-order valence-electron chi connectivity index (χ3n) is 2.76. The number of hydrogen-bond donors (Lipinski definition) is 1. The zero-order valence-corrected chi connectivity index (χ0v) is 12.1. The summed E-state index contributed by atoms with van der Waals surface area (Å²) in [5, 5.41) is 13.5. The summed E-state index contributed by atoms with van der Waals surface area (Å²) in [5.74, 6) is -0.424. The minimum Gasteiger partial charge on any atom is -0.286 e. The third kappa shape index (κ3) is 3.91. The van der Waals surface area contributed by atoms with Gasteiger partial charge in [0.25, 0.3) is 0 Å². The van der Waals surface area contributed by atoms with Crippen LogP contribution in [-0.2, 0) is 0 Å². The molecule has 0 bridgehead atoms. The number of anilines is 1. The van der Waals surface area contributed by atoms with Crippen LogP contribution in [0.2, 0.25) is 5.02 Å². The number of hydrazone groups is 1. The van der Waals surface area contributed by atoms with Crippen molar-refractivity contribution in [3.05, 3.63) is 64.7 Å². The van der Waals surface area contributed by atoms with Gasteiger partial charge in [0, 0.05) is 10.6 Å². The molecule has 0 heterocycles. The van der Waals surface area contributed by atoms with Crippen molar-refractivity contribution >= 4 is 28.8 Å². The molecule has 1 N–H and O–H groups in total. The van der Waals surface area contributed by atoms with E-state index in [1.165, 1.54) is 0 Å². The number of ketones is 1. The van der Waals surface area contributed by atoms with Gasteiger partial charge in [-0.25, -0.2) is 0 Å². The number of rotatable bonds is 4. The molecule has 0 amide bonds. The molecule has 5 heteroatoms. The van der Waals surface area contributed by atoms with Crippen molar-refractivity contribution in [3.63, 3.8) is 0 Å². The van der Waals surface area contributed by atoms with Crippen LogP contribution >= 0.6 is 11.6 Å². The Morgan fingerprint density at radius 2 is 1.95 bits per heavy atom. The number of Topliss-reactive ketones (excluding diaryl/α,β-unsaturated/α-hetero) is 1. The molecule has 2 aromatic carbocycles. The predicted octanol–water partition coefficient (Wildman–Crippen LogP) is 3.82.